The molecule has 0 bridgehead atoms. The van der Waals surface area contributed by atoms with Crippen molar-refractivity contribution in [3.05, 3.63) is 82.2 Å². The summed E-state index contributed by atoms with van der Waals surface area (Å²) in [6.07, 6.45) is 5.25. The Morgan fingerprint density at radius 2 is 1.88 bits per heavy atom. The van der Waals surface area contributed by atoms with Gasteiger partial charge in [0.2, 0.25) is 5.95 Å². The van der Waals surface area contributed by atoms with Crippen molar-refractivity contribution in [2.75, 3.05) is 18.0 Å². The molecule has 1 fully saturated rings. The molecule has 2 N–H and O–H groups in total. The van der Waals surface area contributed by atoms with E-state index in [0.717, 1.165) is 43.3 Å². The maximum atomic E-state index is 13.5. The topological polar surface area (TPSA) is 94.9 Å². The minimum atomic E-state index is -0.0842. The Morgan fingerprint density at radius 3 is 2.64 bits per heavy atom. The van der Waals surface area contributed by atoms with Gasteiger partial charge in [-0.1, -0.05) is 36.4 Å². The molecule has 1 aromatic carbocycles. The SMILES string of the molecule is Cn1c(CCc2ccccc2)nc2nc(N3CCCC(N)C3)n(Cc3ccccn3)c2c1=O. The first-order valence-corrected chi connectivity index (χ1v) is 11.5. The minimum absolute atomic E-state index is 0.0842. The average molecular weight is 444 g/mol. The maximum Gasteiger partial charge on any atom is 0.279 e. The highest BCUT2D eigenvalue weighted by Gasteiger charge is 2.25. The average Bonchev–Trinajstić information content (AvgIpc) is 3.20. The van der Waals surface area contributed by atoms with Crippen molar-refractivity contribution < 1.29 is 0 Å². The summed E-state index contributed by atoms with van der Waals surface area (Å²) in [7, 11) is 1.80. The summed E-state index contributed by atoms with van der Waals surface area (Å²) in [5, 5.41) is 0. The lowest BCUT2D eigenvalue weighted by Gasteiger charge is -2.31. The van der Waals surface area contributed by atoms with E-state index in [1.807, 2.05) is 41.0 Å². The number of nitrogens with zero attached hydrogens (tertiary/aromatic N) is 6. The van der Waals surface area contributed by atoms with E-state index in [2.05, 4.69) is 22.0 Å². The fourth-order valence-corrected chi connectivity index (χ4v) is 4.55. The van der Waals surface area contributed by atoms with Crippen molar-refractivity contribution in [3.63, 3.8) is 0 Å². The van der Waals surface area contributed by atoms with Crippen LogP contribution in [0.2, 0.25) is 0 Å². The highest BCUT2D eigenvalue weighted by atomic mass is 16.1. The number of pyridine rings is 1. The van der Waals surface area contributed by atoms with Crippen LogP contribution < -0.4 is 16.2 Å². The molecule has 33 heavy (non-hydrogen) atoms. The van der Waals surface area contributed by atoms with Crippen LogP contribution >= 0.6 is 0 Å². The molecule has 0 spiro atoms. The van der Waals surface area contributed by atoms with Gasteiger partial charge in [-0.05, 0) is 37.0 Å². The molecule has 1 saturated heterocycles. The number of piperidine rings is 1. The molecule has 1 aliphatic heterocycles. The number of anilines is 1. The quantitative estimate of drug-likeness (QED) is 0.491. The number of rotatable bonds is 6. The lowest BCUT2D eigenvalue weighted by atomic mass is 10.1. The van der Waals surface area contributed by atoms with Crippen LogP contribution in [0.5, 0.6) is 0 Å². The standard InChI is InChI=1S/C25H29N7O/c1-30-21(13-12-18-8-3-2-4-9-18)28-23-22(24(30)33)32(17-20-11-5-6-14-27-20)25(29-23)31-15-7-10-19(26)16-31/h2-6,8-9,11,14,19H,7,10,12-13,15-17,26H2,1H3. The normalized spacial score (nSPS) is 16.4. The molecule has 0 saturated carbocycles. The molecule has 0 radical (unpaired) electrons. The number of hydrogen-bond donors (Lipinski definition) is 1. The molecule has 4 heterocycles. The largest absolute Gasteiger partial charge is 0.341 e. The number of aryl methyl sites for hydroxylation is 2. The first-order chi connectivity index (χ1) is 16.1. The van der Waals surface area contributed by atoms with Crippen LogP contribution in [-0.2, 0) is 26.4 Å². The highest BCUT2D eigenvalue weighted by Crippen LogP contribution is 2.24. The fourth-order valence-electron chi connectivity index (χ4n) is 4.55. The molecule has 8 heteroatoms. The van der Waals surface area contributed by atoms with Gasteiger partial charge in [0.1, 0.15) is 5.82 Å². The van der Waals surface area contributed by atoms with Crippen molar-refractivity contribution in [2.45, 2.75) is 38.3 Å². The third-order valence-corrected chi connectivity index (χ3v) is 6.33. The first kappa shape index (κ1) is 21.3. The van der Waals surface area contributed by atoms with Gasteiger partial charge in [0.25, 0.3) is 5.56 Å². The number of imidazole rings is 1. The maximum absolute atomic E-state index is 13.5. The second kappa shape index (κ2) is 9.15. The summed E-state index contributed by atoms with van der Waals surface area (Å²) in [5.74, 6) is 1.48. The third kappa shape index (κ3) is 4.39. The Bertz CT molecular complexity index is 1300. The molecule has 1 atom stereocenters. The van der Waals surface area contributed by atoms with E-state index in [4.69, 9.17) is 15.7 Å². The molecule has 5 rings (SSSR count). The van der Waals surface area contributed by atoms with Crippen molar-refractivity contribution in [2.24, 2.45) is 12.8 Å². The Kier molecular flexibility index (Phi) is 5.92. The van der Waals surface area contributed by atoms with Crippen molar-refractivity contribution >= 4 is 17.1 Å². The van der Waals surface area contributed by atoms with Gasteiger partial charge in [-0.3, -0.25) is 18.9 Å². The van der Waals surface area contributed by atoms with Gasteiger partial charge < -0.3 is 10.6 Å². The zero-order valence-corrected chi connectivity index (χ0v) is 18.9. The van der Waals surface area contributed by atoms with Gasteiger partial charge in [-0.2, -0.15) is 4.98 Å². The van der Waals surface area contributed by atoms with Crippen LogP contribution in [0.15, 0.2) is 59.5 Å². The molecule has 4 aromatic rings. The van der Waals surface area contributed by atoms with Crippen LogP contribution in [0.4, 0.5) is 5.95 Å². The van der Waals surface area contributed by atoms with Gasteiger partial charge >= 0.3 is 0 Å². The Hall–Kier alpha value is -3.52. The van der Waals surface area contributed by atoms with Crippen molar-refractivity contribution in [1.29, 1.82) is 0 Å². The molecule has 1 unspecified atom stereocenters. The van der Waals surface area contributed by atoms with E-state index in [-0.39, 0.29) is 11.6 Å². The molecular weight excluding hydrogens is 414 g/mol. The van der Waals surface area contributed by atoms with E-state index < -0.39 is 0 Å². The Labute approximate surface area is 192 Å². The van der Waals surface area contributed by atoms with Crippen molar-refractivity contribution in [3.8, 4) is 0 Å². The predicted molar refractivity (Wildman–Crippen MR) is 129 cm³/mol. The molecule has 1 aliphatic rings. The number of fused-ring (bicyclic) bond motifs is 1. The summed E-state index contributed by atoms with van der Waals surface area (Å²) < 4.78 is 3.62. The summed E-state index contributed by atoms with van der Waals surface area (Å²) >= 11 is 0. The van der Waals surface area contributed by atoms with Crippen LogP contribution in [0.25, 0.3) is 11.2 Å². The van der Waals surface area contributed by atoms with Crippen LogP contribution in [0.3, 0.4) is 0 Å². The number of nitrogens with two attached hydrogens (primary N) is 1. The van der Waals surface area contributed by atoms with E-state index in [9.17, 15) is 4.79 Å². The van der Waals surface area contributed by atoms with Crippen molar-refractivity contribution in [1.82, 2.24) is 24.1 Å². The molecule has 170 valence electrons. The van der Waals surface area contributed by atoms with Gasteiger partial charge in [0.15, 0.2) is 11.2 Å². The monoisotopic (exact) mass is 443 g/mol. The lowest BCUT2D eigenvalue weighted by Crippen LogP contribution is -2.44. The highest BCUT2D eigenvalue weighted by molar-refractivity contribution is 5.74. The molecule has 0 aliphatic carbocycles. The van der Waals surface area contributed by atoms with Crippen LogP contribution in [0, 0.1) is 0 Å². The third-order valence-electron chi connectivity index (χ3n) is 6.33. The summed E-state index contributed by atoms with van der Waals surface area (Å²) in [5.41, 5.74) is 9.27. The number of benzene rings is 1. The van der Waals surface area contributed by atoms with Crippen LogP contribution in [-0.4, -0.2) is 43.2 Å². The predicted octanol–water partition coefficient (Wildman–Crippen LogP) is 2.29. The van der Waals surface area contributed by atoms with E-state index in [1.165, 1.54) is 5.56 Å². The zero-order valence-electron chi connectivity index (χ0n) is 18.9. The Morgan fingerprint density at radius 1 is 1.06 bits per heavy atom. The van der Waals surface area contributed by atoms with E-state index >= 15 is 0 Å². The van der Waals surface area contributed by atoms with Gasteiger partial charge in [0, 0.05) is 38.8 Å². The van der Waals surface area contributed by atoms with E-state index in [0.29, 0.717) is 30.7 Å². The molecule has 3 aromatic heterocycles. The summed E-state index contributed by atoms with van der Waals surface area (Å²) in [4.78, 5) is 29.9. The second-order valence-corrected chi connectivity index (χ2v) is 8.72. The fraction of sp³-hybridized carbons (Fsp3) is 0.360. The minimum Gasteiger partial charge on any atom is -0.341 e. The number of hydrogen-bond acceptors (Lipinski definition) is 6. The smallest absolute Gasteiger partial charge is 0.279 e. The van der Waals surface area contributed by atoms with Gasteiger partial charge in [-0.25, -0.2) is 4.98 Å². The zero-order chi connectivity index (χ0) is 22.8. The summed E-state index contributed by atoms with van der Waals surface area (Å²) in [6.45, 7) is 2.03. The van der Waals surface area contributed by atoms with Gasteiger partial charge in [-0.15, -0.1) is 0 Å². The van der Waals surface area contributed by atoms with Crippen LogP contribution in [0.1, 0.15) is 29.9 Å². The summed E-state index contributed by atoms with van der Waals surface area (Å²) in [6, 6.07) is 16.1. The first-order valence-electron chi connectivity index (χ1n) is 11.5. The second-order valence-electron chi connectivity index (χ2n) is 8.72. The molecule has 8 nitrogen and oxygen atoms in total. The molecular formula is C25H29N7O. The number of aromatic nitrogens is 5. The van der Waals surface area contributed by atoms with Gasteiger partial charge in [0.05, 0.1) is 12.2 Å². The molecule has 0 amide bonds. The lowest BCUT2D eigenvalue weighted by molar-refractivity contribution is 0.495. The Balaban J connectivity index is 1.58. The van der Waals surface area contributed by atoms with E-state index in [1.54, 1.807) is 17.8 Å².